The zero-order valence-electron chi connectivity index (χ0n) is 13.9. The predicted octanol–water partition coefficient (Wildman–Crippen LogP) is 3.37. The molecule has 132 valence electrons. The maximum Gasteiger partial charge on any atom is 0.276 e. The second kappa shape index (κ2) is 8.49. The molecule has 3 rings (SSSR count). The van der Waals surface area contributed by atoms with Gasteiger partial charge in [0.2, 0.25) is 5.91 Å². The average molecular weight is 413 g/mol. The maximum atomic E-state index is 12.1. The van der Waals surface area contributed by atoms with Crippen LogP contribution in [0.25, 0.3) is 10.8 Å². The SMILES string of the molecule is O=C(COc1ccc(Br)cc1)NNC(=O)Cc1cccc2ccccc12. The molecule has 6 heteroatoms. The first-order valence-corrected chi connectivity index (χ1v) is 8.84. The number of fused-ring (bicyclic) bond motifs is 1. The molecule has 0 aliphatic heterocycles. The highest BCUT2D eigenvalue weighted by molar-refractivity contribution is 9.10. The minimum absolute atomic E-state index is 0.176. The van der Waals surface area contributed by atoms with E-state index >= 15 is 0 Å². The van der Waals surface area contributed by atoms with Gasteiger partial charge in [0.25, 0.3) is 5.91 Å². The zero-order chi connectivity index (χ0) is 18.4. The van der Waals surface area contributed by atoms with Gasteiger partial charge in [-0.2, -0.15) is 0 Å². The minimum atomic E-state index is -0.431. The lowest BCUT2D eigenvalue weighted by Gasteiger charge is -2.10. The molecule has 3 aromatic carbocycles. The quantitative estimate of drug-likeness (QED) is 0.631. The number of rotatable bonds is 5. The van der Waals surface area contributed by atoms with E-state index in [1.54, 1.807) is 12.1 Å². The number of benzene rings is 3. The van der Waals surface area contributed by atoms with Gasteiger partial charge < -0.3 is 4.74 Å². The molecule has 0 fully saturated rings. The van der Waals surface area contributed by atoms with Gasteiger partial charge in [-0.15, -0.1) is 0 Å². The van der Waals surface area contributed by atoms with Gasteiger partial charge >= 0.3 is 0 Å². The Balaban J connectivity index is 1.49. The van der Waals surface area contributed by atoms with E-state index in [9.17, 15) is 9.59 Å². The molecule has 0 unspecified atom stereocenters. The lowest BCUT2D eigenvalue weighted by atomic mass is 10.0. The Morgan fingerprint density at radius 3 is 2.35 bits per heavy atom. The largest absolute Gasteiger partial charge is 0.484 e. The number of ether oxygens (including phenoxy) is 1. The van der Waals surface area contributed by atoms with Crippen molar-refractivity contribution in [1.82, 2.24) is 10.9 Å². The monoisotopic (exact) mass is 412 g/mol. The smallest absolute Gasteiger partial charge is 0.276 e. The van der Waals surface area contributed by atoms with E-state index in [4.69, 9.17) is 4.74 Å². The van der Waals surface area contributed by atoms with Crippen molar-refractivity contribution in [2.45, 2.75) is 6.42 Å². The average Bonchev–Trinajstić information content (AvgIpc) is 2.66. The number of amides is 2. The van der Waals surface area contributed by atoms with Gasteiger partial charge in [-0.1, -0.05) is 58.4 Å². The number of nitrogens with one attached hydrogen (secondary N) is 2. The highest BCUT2D eigenvalue weighted by Gasteiger charge is 2.09. The van der Waals surface area contributed by atoms with Crippen molar-refractivity contribution in [2.75, 3.05) is 6.61 Å². The second-order valence-electron chi connectivity index (χ2n) is 5.65. The molecular weight excluding hydrogens is 396 g/mol. The summed E-state index contributed by atoms with van der Waals surface area (Å²) in [7, 11) is 0. The maximum absolute atomic E-state index is 12.1. The molecule has 0 aliphatic rings. The number of halogens is 1. The van der Waals surface area contributed by atoms with E-state index < -0.39 is 5.91 Å². The Labute approximate surface area is 159 Å². The molecule has 3 aromatic rings. The minimum Gasteiger partial charge on any atom is -0.484 e. The Morgan fingerprint density at radius 1 is 0.846 bits per heavy atom. The summed E-state index contributed by atoms with van der Waals surface area (Å²) in [4.78, 5) is 23.9. The molecule has 0 saturated heterocycles. The molecule has 5 nitrogen and oxygen atoms in total. The van der Waals surface area contributed by atoms with Crippen LogP contribution in [0.3, 0.4) is 0 Å². The van der Waals surface area contributed by atoms with Gasteiger partial charge in [0.1, 0.15) is 5.75 Å². The van der Waals surface area contributed by atoms with Gasteiger partial charge in [0.15, 0.2) is 6.61 Å². The molecule has 0 heterocycles. The fourth-order valence-electron chi connectivity index (χ4n) is 2.52. The van der Waals surface area contributed by atoms with Crippen molar-refractivity contribution in [3.8, 4) is 5.75 Å². The van der Waals surface area contributed by atoms with Crippen LogP contribution in [0.15, 0.2) is 71.2 Å². The van der Waals surface area contributed by atoms with Crippen molar-refractivity contribution >= 4 is 38.5 Å². The highest BCUT2D eigenvalue weighted by atomic mass is 79.9. The van der Waals surface area contributed by atoms with Crippen LogP contribution >= 0.6 is 15.9 Å². The summed E-state index contributed by atoms with van der Waals surface area (Å²) in [6.45, 7) is -0.184. The molecule has 0 spiro atoms. The Morgan fingerprint density at radius 2 is 1.54 bits per heavy atom. The van der Waals surface area contributed by atoms with E-state index in [1.165, 1.54) is 0 Å². The number of carbonyl (C=O) groups excluding carboxylic acids is 2. The number of hydrogen-bond acceptors (Lipinski definition) is 3. The van der Waals surface area contributed by atoms with Crippen LogP contribution in [0.1, 0.15) is 5.56 Å². The van der Waals surface area contributed by atoms with Crippen LogP contribution in [0.5, 0.6) is 5.75 Å². The Bertz CT molecular complexity index is 920. The molecule has 26 heavy (non-hydrogen) atoms. The van der Waals surface area contributed by atoms with Crippen molar-refractivity contribution in [1.29, 1.82) is 0 Å². The highest BCUT2D eigenvalue weighted by Crippen LogP contribution is 2.19. The van der Waals surface area contributed by atoms with Gasteiger partial charge in [-0.3, -0.25) is 20.4 Å². The van der Waals surface area contributed by atoms with Crippen LogP contribution in [0.2, 0.25) is 0 Å². The normalized spacial score (nSPS) is 10.3. The summed E-state index contributed by atoms with van der Waals surface area (Å²) in [5, 5.41) is 2.10. The predicted molar refractivity (Wildman–Crippen MR) is 104 cm³/mol. The number of hydrogen-bond donors (Lipinski definition) is 2. The third-order valence-electron chi connectivity index (χ3n) is 3.76. The van der Waals surface area contributed by atoms with Gasteiger partial charge in [-0.05, 0) is 40.6 Å². The van der Waals surface area contributed by atoms with Gasteiger partial charge in [0, 0.05) is 4.47 Å². The van der Waals surface area contributed by atoms with Crippen LogP contribution in [0, 0.1) is 0 Å². The van der Waals surface area contributed by atoms with E-state index in [0.717, 1.165) is 20.8 Å². The number of carbonyl (C=O) groups is 2. The lowest BCUT2D eigenvalue weighted by molar-refractivity contribution is -0.129. The van der Waals surface area contributed by atoms with E-state index in [1.807, 2.05) is 54.6 Å². The van der Waals surface area contributed by atoms with E-state index in [2.05, 4.69) is 26.8 Å². The Kier molecular flexibility index (Phi) is 5.86. The van der Waals surface area contributed by atoms with Crippen molar-refractivity contribution in [3.05, 3.63) is 76.8 Å². The van der Waals surface area contributed by atoms with Crippen molar-refractivity contribution < 1.29 is 14.3 Å². The van der Waals surface area contributed by atoms with Crippen molar-refractivity contribution in [3.63, 3.8) is 0 Å². The third kappa shape index (κ3) is 4.83. The topological polar surface area (TPSA) is 67.4 Å². The lowest BCUT2D eigenvalue weighted by Crippen LogP contribution is -2.44. The summed E-state index contributed by atoms with van der Waals surface area (Å²) >= 11 is 3.33. The molecule has 0 aliphatic carbocycles. The van der Waals surface area contributed by atoms with E-state index in [-0.39, 0.29) is 18.9 Å². The molecule has 0 bridgehead atoms. The van der Waals surface area contributed by atoms with Crippen LogP contribution in [-0.4, -0.2) is 18.4 Å². The molecule has 0 atom stereocenters. The summed E-state index contributed by atoms with van der Waals surface area (Å²) in [6, 6.07) is 20.8. The second-order valence-corrected chi connectivity index (χ2v) is 6.57. The first-order valence-electron chi connectivity index (χ1n) is 8.04. The molecule has 0 radical (unpaired) electrons. The van der Waals surface area contributed by atoms with Gasteiger partial charge in [0.05, 0.1) is 6.42 Å². The number of hydrazine groups is 1. The Hall–Kier alpha value is -2.86. The van der Waals surface area contributed by atoms with Crippen LogP contribution in [-0.2, 0) is 16.0 Å². The molecule has 2 amide bonds. The van der Waals surface area contributed by atoms with Crippen molar-refractivity contribution in [2.24, 2.45) is 0 Å². The summed E-state index contributed by atoms with van der Waals surface area (Å²) in [5.74, 6) is -0.150. The molecular formula is C20H17BrN2O3. The fraction of sp³-hybridized carbons (Fsp3) is 0.100. The molecule has 0 aromatic heterocycles. The summed E-state index contributed by atoms with van der Waals surface area (Å²) < 4.78 is 6.27. The first-order chi connectivity index (χ1) is 12.6. The van der Waals surface area contributed by atoms with E-state index in [0.29, 0.717) is 5.75 Å². The first kappa shape index (κ1) is 17.9. The van der Waals surface area contributed by atoms with Crippen LogP contribution in [0.4, 0.5) is 0 Å². The molecule has 2 N–H and O–H groups in total. The summed E-state index contributed by atoms with van der Waals surface area (Å²) in [6.07, 6.45) is 0.176. The summed E-state index contributed by atoms with van der Waals surface area (Å²) in [5.41, 5.74) is 5.68. The third-order valence-corrected chi connectivity index (χ3v) is 4.28. The fourth-order valence-corrected chi connectivity index (χ4v) is 2.78. The standard InChI is InChI=1S/C20H17BrN2O3/c21-16-8-10-17(11-9-16)26-13-20(25)23-22-19(24)12-15-6-3-5-14-4-1-2-7-18(14)15/h1-11H,12-13H2,(H,22,24)(H,23,25). The van der Waals surface area contributed by atoms with Gasteiger partial charge in [-0.25, -0.2) is 0 Å². The zero-order valence-corrected chi connectivity index (χ0v) is 15.5. The van der Waals surface area contributed by atoms with Crippen LogP contribution < -0.4 is 15.6 Å². The molecule has 0 saturated carbocycles.